The minimum absolute atomic E-state index is 0.0835. The van der Waals surface area contributed by atoms with Crippen molar-refractivity contribution in [1.82, 2.24) is 25.4 Å². The van der Waals surface area contributed by atoms with Crippen molar-refractivity contribution in [2.45, 2.75) is 19.5 Å². The van der Waals surface area contributed by atoms with Crippen molar-refractivity contribution in [3.8, 4) is 11.5 Å². The number of amides is 1. The zero-order valence-corrected chi connectivity index (χ0v) is 14.9. The van der Waals surface area contributed by atoms with Crippen LogP contribution >= 0.6 is 0 Å². The number of rotatable bonds is 4. The Kier molecular flexibility index (Phi) is 4.49. The lowest BCUT2D eigenvalue weighted by atomic mass is 10.1. The fourth-order valence-electron chi connectivity index (χ4n) is 2.81. The Morgan fingerprint density at radius 2 is 2.03 bits per heavy atom. The smallest absolute Gasteiger partial charge is 0.463 e. The van der Waals surface area contributed by atoms with Crippen molar-refractivity contribution in [3.63, 3.8) is 0 Å². The number of halogens is 3. The molecule has 0 fully saturated rings. The van der Waals surface area contributed by atoms with Crippen LogP contribution in [0.4, 0.5) is 18.9 Å². The van der Waals surface area contributed by atoms with Crippen molar-refractivity contribution in [2.75, 3.05) is 5.32 Å². The monoisotopic (exact) mass is 402 g/mol. The number of carbonyl (C=O) groups excluding carboxylic acids is 1. The van der Waals surface area contributed by atoms with Crippen molar-refractivity contribution in [2.24, 2.45) is 0 Å². The molecule has 0 saturated heterocycles. The number of aromatic nitrogens is 5. The summed E-state index contributed by atoms with van der Waals surface area (Å²) >= 11 is 0. The Morgan fingerprint density at radius 1 is 1.21 bits per heavy atom. The summed E-state index contributed by atoms with van der Waals surface area (Å²) in [6, 6.07) is 8.13. The molecule has 0 saturated carbocycles. The first-order valence-corrected chi connectivity index (χ1v) is 8.40. The Morgan fingerprint density at radius 3 is 2.72 bits per heavy atom. The first-order valence-electron chi connectivity index (χ1n) is 8.40. The fourth-order valence-corrected chi connectivity index (χ4v) is 2.81. The molecular formula is C18H13F3N6O2. The number of hydrogen-bond acceptors (Lipinski definition) is 6. The van der Waals surface area contributed by atoms with E-state index in [0.717, 1.165) is 5.56 Å². The van der Waals surface area contributed by atoms with Crippen molar-refractivity contribution >= 4 is 22.8 Å². The van der Waals surface area contributed by atoms with Gasteiger partial charge in [-0.15, -0.1) is 5.10 Å². The molecule has 0 aliphatic carbocycles. The molecule has 11 heteroatoms. The maximum Gasteiger partial charge on any atom is 0.471 e. The van der Waals surface area contributed by atoms with Crippen LogP contribution < -0.4 is 5.32 Å². The molecule has 1 aromatic carbocycles. The van der Waals surface area contributed by atoms with Gasteiger partial charge in [0.05, 0.1) is 6.26 Å². The minimum Gasteiger partial charge on any atom is -0.463 e. The van der Waals surface area contributed by atoms with Crippen LogP contribution in [0.5, 0.6) is 0 Å². The summed E-state index contributed by atoms with van der Waals surface area (Å²) in [5.74, 6) is -1.07. The van der Waals surface area contributed by atoms with Crippen LogP contribution in [0.2, 0.25) is 0 Å². The molecule has 1 amide bonds. The van der Waals surface area contributed by atoms with Crippen molar-refractivity contribution < 1.29 is 22.4 Å². The normalized spacial score (nSPS) is 11.7. The third-order valence-electron chi connectivity index (χ3n) is 4.14. The highest BCUT2D eigenvalue weighted by Gasteiger charge is 2.38. The Bertz CT molecular complexity index is 1180. The lowest BCUT2D eigenvalue weighted by Gasteiger charge is -2.11. The molecule has 0 spiro atoms. The van der Waals surface area contributed by atoms with Gasteiger partial charge in [0.2, 0.25) is 5.65 Å². The van der Waals surface area contributed by atoms with E-state index in [1.54, 1.807) is 31.2 Å². The number of carbonyl (C=O) groups is 1. The second-order valence-corrected chi connectivity index (χ2v) is 6.24. The standard InChI is InChI=1S/C18H13F3N6O2/c1-9-7-10(4-5-11(9)22-17(28)18(19,20)21)8-13-23-14(12-3-2-6-29-12)15-16(24-13)26-27-25-15/h2-7H,8H2,1H3,(H,22,28)(H,23,24,25,26,27). The van der Waals surface area contributed by atoms with E-state index in [1.807, 2.05) is 5.32 Å². The van der Waals surface area contributed by atoms with E-state index in [2.05, 4.69) is 25.4 Å². The van der Waals surface area contributed by atoms with Gasteiger partial charge in [0.1, 0.15) is 11.5 Å². The van der Waals surface area contributed by atoms with Crippen LogP contribution in [0.15, 0.2) is 41.0 Å². The molecule has 3 aromatic heterocycles. The fraction of sp³-hybridized carbons (Fsp3) is 0.167. The summed E-state index contributed by atoms with van der Waals surface area (Å²) in [4.78, 5) is 20.0. The highest BCUT2D eigenvalue weighted by Crippen LogP contribution is 2.26. The topological polar surface area (TPSA) is 110 Å². The van der Waals surface area contributed by atoms with Crippen LogP contribution in [0, 0.1) is 6.92 Å². The number of hydrogen-bond donors (Lipinski definition) is 2. The summed E-state index contributed by atoms with van der Waals surface area (Å²) < 4.78 is 42.7. The molecule has 3 heterocycles. The summed E-state index contributed by atoms with van der Waals surface area (Å²) in [5, 5.41) is 12.4. The van der Waals surface area contributed by atoms with Crippen molar-refractivity contribution in [1.29, 1.82) is 0 Å². The Labute approximate surface area is 161 Å². The molecule has 4 aromatic rings. The van der Waals surface area contributed by atoms with Gasteiger partial charge in [0, 0.05) is 12.1 Å². The van der Waals surface area contributed by atoms with E-state index >= 15 is 0 Å². The van der Waals surface area contributed by atoms with Crippen LogP contribution in [0.3, 0.4) is 0 Å². The second-order valence-electron chi connectivity index (χ2n) is 6.24. The molecule has 0 atom stereocenters. The highest BCUT2D eigenvalue weighted by molar-refractivity contribution is 5.95. The van der Waals surface area contributed by atoms with Gasteiger partial charge in [0.25, 0.3) is 0 Å². The van der Waals surface area contributed by atoms with E-state index in [4.69, 9.17) is 4.42 Å². The summed E-state index contributed by atoms with van der Waals surface area (Å²) in [5.41, 5.74) is 2.63. The van der Waals surface area contributed by atoms with Gasteiger partial charge < -0.3 is 9.73 Å². The number of alkyl halides is 3. The van der Waals surface area contributed by atoms with Gasteiger partial charge in [-0.25, -0.2) is 9.97 Å². The lowest BCUT2D eigenvalue weighted by Crippen LogP contribution is -2.30. The zero-order valence-electron chi connectivity index (χ0n) is 14.9. The van der Waals surface area contributed by atoms with Gasteiger partial charge in [-0.2, -0.15) is 23.5 Å². The number of nitrogens with one attached hydrogen (secondary N) is 2. The number of nitrogens with zero attached hydrogens (tertiary/aromatic N) is 4. The molecule has 0 aliphatic rings. The predicted octanol–water partition coefficient (Wildman–Crippen LogP) is 3.41. The SMILES string of the molecule is Cc1cc(Cc2nc(-c3ccco3)c3n[nH]nc3n2)ccc1NC(=O)C(F)(F)F. The highest BCUT2D eigenvalue weighted by atomic mass is 19.4. The van der Waals surface area contributed by atoms with Gasteiger partial charge in [-0.3, -0.25) is 4.79 Å². The molecule has 4 rings (SSSR count). The predicted molar refractivity (Wildman–Crippen MR) is 95.9 cm³/mol. The minimum atomic E-state index is -4.95. The zero-order chi connectivity index (χ0) is 20.6. The first-order chi connectivity index (χ1) is 13.8. The van der Waals surface area contributed by atoms with E-state index in [-0.39, 0.29) is 5.69 Å². The maximum atomic E-state index is 12.4. The third kappa shape index (κ3) is 3.79. The van der Waals surface area contributed by atoms with Gasteiger partial charge in [-0.1, -0.05) is 12.1 Å². The maximum absolute atomic E-state index is 12.4. The second kappa shape index (κ2) is 7.00. The average molecular weight is 402 g/mol. The number of anilines is 1. The van der Waals surface area contributed by atoms with E-state index in [1.165, 1.54) is 12.3 Å². The van der Waals surface area contributed by atoms with Crippen LogP contribution in [-0.2, 0) is 11.2 Å². The number of benzene rings is 1. The molecular weight excluding hydrogens is 389 g/mol. The van der Waals surface area contributed by atoms with Gasteiger partial charge >= 0.3 is 12.1 Å². The number of H-pyrrole nitrogens is 1. The van der Waals surface area contributed by atoms with Crippen LogP contribution in [-0.4, -0.2) is 37.5 Å². The average Bonchev–Trinajstić information content (AvgIpc) is 3.34. The van der Waals surface area contributed by atoms with Gasteiger partial charge in [0.15, 0.2) is 11.3 Å². The first kappa shape index (κ1) is 18.6. The third-order valence-corrected chi connectivity index (χ3v) is 4.14. The molecule has 0 radical (unpaired) electrons. The number of furan rings is 1. The molecule has 8 nitrogen and oxygen atoms in total. The van der Waals surface area contributed by atoms with Crippen molar-refractivity contribution in [3.05, 3.63) is 53.5 Å². The molecule has 2 N–H and O–H groups in total. The summed E-state index contributed by atoms with van der Waals surface area (Å²) in [6.07, 6.45) is -3.14. The number of aryl methyl sites for hydroxylation is 1. The quantitative estimate of drug-likeness (QED) is 0.541. The summed E-state index contributed by atoms with van der Waals surface area (Å²) in [7, 11) is 0. The van der Waals surface area contributed by atoms with E-state index in [0.29, 0.717) is 40.4 Å². The largest absolute Gasteiger partial charge is 0.471 e. The van der Waals surface area contributed by atoms with Crippen LogP contribution in [0.1, 0.15) is 17.0 Å². The molecule has 0 unspecified atom stereocenters. The lowest BCUT2D eigenvalue weighted by molar-refractivity contribution is -0.167. The van der Waals surface area contributed by atoms with Gasteiger partial charge in [-0.05, 0) is 36.2 Å². The molecule has 29 heavy (non-hydrogen) atoms. The van der Waals surface area contributed by atoms with E-state index < -0.39 is 12.1 Å². The molecule has 148 valence electrons. The molecule has 0 aliphatic heterocycles. The van der Waals surface area contributed by atoms with E-state index in [9.17, 15) is 18.0 Å². The van der Waals surface area contributed by atoms with Crippen LogP contribution in [0.25, 0.3) is 22.6 Å². The number of aromatic amines is 1. The Balaban J connectivity index is 1.62. The Hall–Kier alpha value is -3.76. The molecule has 0 bridgehead atoms. The summed E-state index contributed by atoms with van der Waals surface area (Å²) in [6.45, 7) is 1.60. The number of fused-ring (bicyclic) bond motifs is 1.